The summed E-state index contributed by atoms with van der Waals surface area (Å²) in [4.78, 5) is 0. The molecule has 0 aliphatic heterocycles. The van der Waals surface area contributed by atoms with E-state index in [1.54, 1.807) is 135 Å². The van der Waals surface area contributed by atoms with E-state index in [1.807, 2.05) is 0 Å². The van der Waals surface area contributed by atoms with Crippen LogP contribution in [0.15, 0.2) is 36.4 Å². The maximum absolute atomic E-state index is 14.7. The zero-order valence-corrected chi connectivity index (χ0v) is 37.3. The van der Waals surface area contributed by atoms with Gasteiger partial charge in [-0.2, -0.15) is 0 Å². The summed E-state index contributed by atoms with van der Waals surface area (Å²) in [6, 6.07) is 9.19. The van der Waals surface area contributed by atoms with E-state index in [0.29, 0.717) is 11.1 Å². The molecular formula is C36H62O12P4. The Hall–Kier alpha value is -0.960. The average molecular weight is 811 g/mol. The van der Waals surface area contributed by atoms with E-state index in [2.05, 4.69) is 0 Å². The number of benzene rings is 2. The third-order valence-electron chi connectivity index (χ3n) is 6.20. The third kappa shape index (κ3) is 13.7. The molecule has 0 saturated carbocycles. The highest BCUT2D eigenvalue weighted by Crippen LogP contribution is 2.55. The average Bonchev–Trinajstić information content (AvgIpc) is 2.93. The van der Waals surface area contributed by atoms with Crippen LogP contribution in [0.4, 0.5) is 0 Å². The topological polar surface area (TPSA) is 142 Å². The molecule has 0 spiro atoms. The monoisotopic (exact) mass is 810 g/mol. The van der Waals surface area contributed by atoms with Gasteiger partial charge in [-0.15, -0.1) is 0 Å². The lowest BCUT2D eigenvalue weighted by Gasteiger charge is -2.28. The zero-order valence-electron chi connectivity index (χ0n) is 33.8. The van der Waals surface area contributed by atoms with Crippen molar-refractivity contribution in [1.82, 2.24) is 0 Å². The van der Waals surface area contributed by atoms with Crippen molar-refractivity contribution in [3.05, 3.63) is 36.4 Å². The first-order chi connectivity index (χ1) is 23.7. The van der Waals surface area contributed by atoms with Crippen LogP contribution in [0.1, 0.15) is 111 Å². The molecule has 0 unspecified atom stereocenters. The van der Waals surface area contributed by atoms with Gasteiger partial charge >= 0.3 is 30.4 Å². The molecule has 12 nitrogen and oxygen atoms in total. The molecule has 0 aliphatic rings. The Kier molecular flexibility index (Phi) is 17.5. The lowest BCUT2D eigenvalue weighted by molar-refractivity contribution is 0.148. The van der Waals surface area contributed by atoms with Crippen molar-refractivity contribution in [2.24, 2.45) is 0 Å². The second-order valence-corrected chi connectivity index (χ2v) is 22.4. The molecule has 0 bridgehead atoms. The fourth-order valence-electron chi connectivity index (χ4n) is 4.96. The molecule has 0 atom stereocenters. The number of rotatable bonds is 21. The molecule has 2 aromatic carbocycles. The summed E-state index contributed by atoms with van der Waals surface area (Å²) in [5.41, 5.74) is 0.633. The molecule has 16 heteroatoms. The first kappa shape index (κ1) is 47.2. The molecule has 2 aromatic rings. The standard InChI is InChI=1S/C36H62O12P4/c1-23(2)41-49(37,42-24(3)4)33-17-31(18-34(21-33)50(38,43-25(5)6)44-26(7)8)32-19-35(51(39,45-27(9)10)46-28(11)12)22-36(20-32)52(40,47-29(13)14)48-30(15)16/h17-30H,1-16H3. The van der Waals surface area contributed by atoms with Crippen LogP contribution in [0.5, 0.6) is 0 Å². The molecule has 0 aliphatic carbocycles. The summed E-state index contributed by atoms with van der Waals surface area (Å²) < 4.78 is 107. The van der Waals surface area contributed by atoms with E-state index < -0.39 is 79.2 Å². The van der Waals surface area contributed by atoms with Crippen LogP contribution >= 0.6 is 30.4 Å². The molecular weight excluding hydrogens is 748 g/mol. The predicted molar refractivity (Wildman–Crippen MR) is 211 cm³/mol. The Bertz CT molecular complexity index is 1380. The van der Waals surface area contributed by atoms with E-state index in [4.69, 9.17) is 36.2 Å². The van der Waals surface area contributed by atoms with Gasteiger partial charge in [-0.3, -0.25) is 18.3 Å². The molecule has 2 rings (SSSR count). The molecule has 0 radical (unpaired) electrons. The summed E-state index contributed by atoms with van der Waals surface area (Å²) in [5.74, 6) is 0. The summed E-state index contributed by atoms with van der Waals surface area (Å²) >= 11 is 0. The van der Waals surface area contributed by atoms with E-state index in [9.17, 15) is 18.3 Å². The van der Waals surface area contributed by atoms with Crippen molar-refractivity contribution in [2.45, 2.75) is 160 Å². The molecule has 52 heavy (non-hydrogen) atoms. The van der Waals surface area contributed by atoms with Crippen molar-refractivity contribution in [3.8, 4) is 11.1 Å². The van der Waals surface area contributed by atoms with Crippen molar-refractivity contribution >= 4 is 51.6 Å². The minimum Gasteiger partial charge on any atom is -0.302 e. The SMILES string of the molecule is CC(C)OP(=O)(OC(C)C)c1cc(-c2cc(P(=O)(OC(C)C)OC(C)C)cc(P(=O)(OC(C)C)OC(C)C)c2)cc(P(=O)(OC(C)C)OC(C)C)c1. The molecule has 0 amide bonds. The zero-order chi connectivity index (χ0) is 40.0. The van der Waals surface area contributed by atoms with Gasteiger partial charge in [-0.1, -0.05) is 0 Å². The highest BCUT2D eigenvalue weighted by molar-refractivity contribution is 7.64. The second kappa shape index (κ2) is 19.3. The fourth-order valence-corrected chi connectivity index (χ4v) is 13.2. The highest BCUT2D eigenvalue weighted by atomic mass is 31.2. The van der Waals surface area contributed by atoms with E-state index in [-0.39, 0.29) is 21.2 Å². The van der Waals surface area contributed by atoms with Gasteiger partial charge in [0, 0.05) is 0 Å². The van der Waals surface area contributed by atoms with Crippen LogP contribution in [-0.2, 0) is 54.5 Å². The Morgan fingerprint density at radius 3 is 0.538 bits per heavy atom. The van der Waals surface area contributed by atoms with Crippen molar-refractivity contribution in [1.29, 1.82) is 0 Å². The number of hydrogen-bond acceptors (Lipinski definition) is 12. The van der Waals surface area contributed by atoms with Gasteiger partial charge in [0.15, 0.2) is 0 Å². The van der Waals surface area contributed by atoms with Crippen molar-refractivity contribution < 1.29 is 54.5 Å². The van der Waals surface area contributed by atoms with Crippen LogP contribution in [0, 0.1) is 0 Å². The van der Waals surface area contributed by atoms with Gasteiger partial charge in [-0.25, -0.2) is 0 Å². The van der Waals surface area contributed by atoms with Crippen LogP contribution < -0.4 is 21.2 Å². The third-order valence-corrected chi connectivity index (χ3v) is 15.4. The lowest BCUT2D eigenvalue weighted by atomic mass is 10.1. The predicted octanol–water partition coefficient (Wildman–Crippen LogP) is 10.0. The first-order valence-electron chi connectivity index (χ1n) is 17.9. The largest absolute Gasteiger partial charge is 0.361 e. The molecule has 0 heterocycles. The Balaban J connectivity index is 3.28. The Morgan fingerprint density at radius 2 is 0.423 bits per heavy atom. The molecule has 298 valence electrons. The fraction of sp³-hybridized carbons (Fsp3) is 0.667. The van der Waals surface area contributed by atoms with Crippen LogP contribution in [-0.4, -0.2) is 48.8 Å². The maximum atomic E-state index is 14.7. The lowest BCUT2D eigenvalue weighted by Crippen LogP contribution is -2.25. The maximum Gasteiger partial charge on any atom is 0.361 e. The van der Waals surface area contributed by atoms with E-state index in [1.165, 1.54) is 12.1 Å². The van der Waals surface area contributed by atoms with E-state index >= 15 is 0 Å². The van der Waals surface area contributed by atoms with Gasteiger partial charge in [-0.05, 0) is 158 Å². The Morgan fingerprint density at radius 1 is 0.288 bits per heavy atom. The smallest absolute Gasteiger partial charge is 0.302 e. The van der Waals surface area contributed by atoms with E-state index in [0.717, 1.165) is 0 Å². The first-order valence-corrected chi connectivity index (χ1v) is 24.1. The molecule has 0 N–H and O–H groups in total. The van der Waals surface area contributed by atoms with Crippen LogP contribution in [0.2, 0.25) is 0 Å². The summed E-state index contributed by atoms with van der Waals surface area (Å²) in [5, 5.41) is 0.313. The number of hydrogen-bond donors (Lipinski definition) is 0. The summed E-state index contributed by atoms with van der Waals surface area (Å²) in [6.45, 7) is 27.7. The summed E-state index contributed by atoms with van der Waals surface area (Å²) in [7, 11) is -16.4. The summed E-state index contributed by atoms with van der Waals surface area (Å²) in [6.07, 6.45) is -4.14. The van der Waals surface area contributed by atoms with Crippen LogP contribution in [0.25, 0.3) is 11.1 Å². The van der Waals surface area contributed by atoms with Gasteiger partial charge in [0.05, 0.1) is 70.0 Å². The second-order valence-electron chi connectivity index (χ2n) is 14.7. The van der Waals surface area contributed by atoms with Crippen LogP contribution in [0.3, 0.4) is 0 Å². The quantitative estimate of drug-likeness (QED) is 0.111. The molecule has 0 saturated heterocycles. The minimum atomic E-state index is -4.10. The van der Waals surface area contributed by atoms with Crippen molar-refractivity contribution in [3.63, 3.8) is 0 Å². The molecule has 0 aromatic heterocycles. The van der Waals surface area contributed by atoms with Gasteiger partial charge in [0.25, 0.3) is 0 Å². The minimum absolute atomic E-state index is 0.0781. The highest BCUT2D eigenvalue weighted by Gasteiger charge is 2.39. The molecule has 0 fully saturated rings. The van der Waals surface area contributed by atoms with Gasteiger partial charge < -0.3 is 36.2 Å². The van der Waals surface area contributed by atoms with Gasteiger partial charge in [0.2, 0.25) is 0 Å². The Labute approximate surface area is 312 Å². The van der Waals surface area contributed by atoms with Gasteiger partial charge in [0.1, 0.15) is 0 Å². The van der Waals surface area contributed by atoms with Crippen molar-refractivity contribution in [2.75, 3.05) is 0 Å². The normalized spacial score (nSPS) is 13.8.